The number of Topliss-reactive ketones (excluding diaryl/α,β-unsaturated/α-hetero) is 1. The van der Waals surface area contributed by atoms with Crippen molar-refractivity contribution in [2.45, 2.75) is 18.8 Å². The lowest BCUT2D eigenvalue weighted by Gasteiger charge is -2.28. The minimum Gasteiger partial charge on any atom is -0.465 e. The van der Waals surface area contributed by atoms with Gasteiger partial charge in [0.2, 0.25) is 0 Å². The average Bonchev–Trinajstić information content (AvgIpc) is 2.77. The third-order valence-electron chi connectivity index (χ3n) is 5.53. The molecule has 0 fully saturated rings. The highest BCUT2D eigenvalue weighted by Gasteiger charge is 2.36. The van der Waals surface area contributed by atoms with Crippen molar-refractivity contribution in [2.24, 2.45) is 0 Å². The van der Waals surface area contributed by atoms with Crippen LogP contribution in [0.5, 0.6) is 0 Å². The van der Waals surface area contributed by atoms with E-state index in [9.17, 15) is 14.4 Å². The quantitative estimate of drug-likeness (QED) is 0.625. The highest BCUT2D eigenvalue weighted by molar-refractivity contribution is 6.20. The topological polar surface area (TPSA) is 69.7 Å². The largest absolute Gasteiger partial charge is 0.465 e. The lowest BCUT2D eigenvalue weighted by molar-refractivity contribution is 0.0554. The molecule has 0 spiro atoms. The van der Waals surface area contributed by atoms with E-state index in [0.29, 0.717) is 11.8 Å². The molecule has 5 heteroatoms. The van der Waals surface area contributed by atoms with Gasteiger partial charge in [0, 0.05) is 12.0 Å². The van der Waals surface area contributed by atoms with Crippen LogP contribution in [0.25, 0.3) is 10.8 Å². The number of hydrogen-bond acceptors (Lipinski definition) is 5. The highest BCUT2D eigenvalue weighted by atomic mass is 16.5. The Morgan fingerprint density at radius 1 is 0.793 bits per heavy atom. The first-order valence-electron chi connectivity index (χ1n) is 9.39. The molecule has 1 unspecified atom stereocenters. The van der Waals surface area contributed by atoms with Gasteiger partial charge in [0.15, 0.2) is 5.78 Å². The molecular formula is C24H20O5. The SMILES string of the molecule is COC(=O)c1c2c(c3ccccc3c1C(=O)OC)CC(c1ccccc1)CC2=O. The van der Waals surface area contributed by atoms with Crippen LogP contribution >= 0.6 is 0 Å². The molecule has 0 aliphatic heterocycles. The van der Waals surface area contributed by atoms with Crippen LogP contribution in [0.4, 0.5) is 0 Å². The zero-order valence-corrected chi connectivity index (χ0v) is 16.2. The van der Waals surface area contributed by atoms with Crippen molar-refractivity contribution in [1.82, 2.24) is 0 Å². The Morgan fingerprint density at radius 3 is 2.03 bits per heavy atom. The summed E-state index contributed by atoms with van der Waals surface area (Å²) in [4.78, 5) is 38.5. The van der Waals surface area contributed by atoms with Gasteiger partial charge < -0.3 is 9.47 Å². The van der Waals surface area contributed by atoms with Gasteiger partial charge in [0.1, 0.15) is 0 Å². The van der Waals surface area contributed by atoms with E-state index in [2.05, 4.69) is 0 Å². The molecule has 29 heavy (non-hydrogen) atoms. The summed E-state index contributed by atoms with van der Waals surface area (Å²) in [7, 11) is 2.50. The zero-order valence-electron chi connectivity index (χ0n) is 16.2. The van der Waals surface area contributed by atoms with Crippen LogP contribution in [-0.2, 0) is 15.9 Å². The first kappa shape index (κ1) is 18.9. The van der Waals surface area contributed by atoms with E-state index in [1.807, 2.05) is 42.5 Å². The van der Waals surface area contributed by atoms with Crippen LogP contribution in [0.15, 0.2) is 54.6 Å². The van der Waals surface area contributed by atoms with Gasteiger partial charge in [-0.1, -0.05) is 54.6 Å². The van der Waals surface area contributed by atoms with Gasteiger partial charge >= 0.3 is 11.9 Å². The molecule has 0 bridgehead atoms. The van der Waals surface area contributed by atoms with E-state index < -0.39 is 11.9 Å². The summed E-state index contributed by atoms with van der Waals surface area (Å²) in [5.41, 5.74) is 2.22. The molecule has 4 rings (SSSR count). The summed E-state index contributed by atoms with van der Waals surface area (Å²) < 4.78 is 9.89. The Bertz CT molecular complexity index is 1130. The van der Waals surface area contributed by atoms with Crippen LogP contribution in [0.2, 0.25) is 0 Å². The van der Waals surface area contributed by atoms with Gasteiger partial charge in [-0.15, -0.1) is 0 Å². The number of ether oxygens (including phenoxy) is 2. The number of carbonyl (C=O) groups is 3. The average molecular weight is 388 g/mol. The summed E-state index contributed by atoms with van der Waals surface area (Å²) >= 11 is 0. The van der Waals surface area contributed by atoms with Gasteiger partial charge in [-0.25, -0.2) is 9.59 Å². The maximum atomic E-state index is 13.3. The van der Waals surface area contributed by atoms with Crippen LogP contribution in [-0.4, -0.2) is 31.9 Å². The normalized spacial score (nSPS) is 15.7. The molecule has 3 aromatic rings. The molecule has 0 N–H and O–H groups in total. The second kappa shape index (κ2) is 7.51. The lowest BCUT2D eigenvalue weighted by Crippen LogP contribution is -2.26. The minimum absolute atomic E-state index is 0.00422. The first-order chi connectivity index (χ1) is 14.1. The van der Waals surface area contributed by atoms with Crippen LogP contribution in [0.1, 0.15) is 54.5 Å². The number of methoxy groups -OCH3 is 2. The molecule has 1 atom stereocenters. The lowest BCUT2D eigenvalue weighted by atomic mass is 9.74. The maximum absolute atomic E-state index is 13.3. The second-order valence-electron chi connectivity index (χ2n) is 7.07. The standard InChI is InChI=1S/C24H20O5/c1-28-23(26)21-17-11-7-6-10-16(17)18-12-15(14-8-4-3-5-9-14)13-19(25)20(18)22(21)24(27)29-2/h3-11,15H,12-13H2,1-2H3. The number of fused-ring (bicyclic) bond motifs is 3. The minimum atomic E-state index is -0.709. The number of ketones is 1. The molecular weight excluding hydrogens is 368 g/mol. The fourth-order valence-corrected chi connectivity index (χ4v) is 4.25. The zero-order chi connectivity index (χ0) is 20.5. The van der Waals surface area contributed by atoms with E-state index >= 15 is 0 Å². The second-order valence-corrected chi connectivity index (χ2v) is 7.07. The number of esters is 2. The van der Waals surface area contributed by atoms with Crippen molar-refractivity contribution >= 4 is 28.5 Å². The summed E-state index contributed by atoms with van der Waals surface area (Å²) in [6.07, 6.45) is 0.858. The Kier molecular flexibility index (Phi) is 4.89. The summed E-state index contributed by atoms with van der Waals surface area (Å²) in [5, 5.41) is 1.37. The third kappa shape index (κ3) is 3.09. The van der Waals surface area contributed by atoms with Crippen molar-refractivity contribution < 1.29 is 23.9 Å². The number of carbonyl (C=O) groups excluding carboxylic acids is 3. The van der Waals surface area contributed by atoms with Crippen molar-refractivity contribution in [2.75, 3.05) is 14.2 Å². The molecule has 3 aromatic carbocycles. The molecule has 0 radical (unpaired) electrons. The summed E-state index contributed by atoms with van der Waals surface area (Å²) in [6, 6.07) is 17.2. The van der Waals surface area contributed by atoms with E-state index in [1.54, 1.807) is 12.1 Å². The fourth-order valence-electron chi connectivity index (χ4n) is 4.25. The Hall–Kier alpha value is -3.47. The van der Waals surface area contributed by atoms with E-state index in [-0.39, 0.29) is 34.8 Å². The maximum Gasteiger partial charge on any atom is 0.339 e. The van der Waals surface area contributed by atoms with Crippen molar-refractivity contribution in [3.05, 3.63) is 82.4 Å². The van der Waals surface area contributed by atoms with Crippen molar-refractivity contribution in [3.8, 4) is 0 Å². The predicted octanol–water partition coefficient (Wildman–Crippen LogP) is 4.33. The third-order valence-corrected chi connectivity index (χ3v) is 5.53. The number of rotatable bonds is 3. The van der Waals surface area contributed by atoms with Crippen LogP contribution < -0.4 is 0 Å². The van der Waals surface area contributed by atoms with Gasteiger partial charge in [-0.3, -0.25) is 4.79 Å². The van der Waals surface area contributed by atoms with E-state index in [0.717, 1.165) is 16.5 Å². The Labute approximate surface area is 168 Å². The molecule has 0 saturated carbocycles. The molecule has 0 aromatic heterocycles. The van der Waals surface area contributed by atoms with E-state index in [4.69, 9.17) is 9.47 Å². The molecule has 1 aliphatic carbocycles. The highest BCUT2D eigenvalue weighted by Crippen LogP contribution is 2.40. The fraction of sp³-hybridized carbons (Fsp3) is 0.208. The van der Waals surface area contributed by atoms with Crippen molar-refractivity contribution in [3.63, 3.8) is 0 Å². The first-order valence-corrected chi connectivity index (χ1v) is 9.39. The van der Waals surface area contributed by atoms with Gasteiger partial charge in [-0.2, -0.15) is 0 Å². The summed E-state index contributed by atoms with van der Waals surface area (Å²) in [5.74, 6) is -1.54. The van der Waals surface area contributed by atoms with Crippen LogP contribution in [0, 0.1) is 0 Å². The molecule has 0 saturated heterocycles. The van der Waals surface area contributed by atoms with Crippen LogP contribution in [0.3, 0.4) is 0 Å². The molecule has 0 heterocycles. The number of benzene rings is 3. The summed E-state index contributed by atoms with van der Waals surface area (Å²) in [6.45, 7) is 0. The molecule has 146 valence electrons. The van der Waals surface area contributed by atoms with Gasteiger partial charge in [0.05, 0.1) is 25.3 Å². The monoisotopic (exact) mass is 388 g/mol. The molecule has 1 aliphatic rings. The van der Waals surface area contributed by atoms with Gasteiger partial charge in [-0.05, 0) is 34.2 Å². The predicted molar refractivity (Wildman–Crippen MR) is 108 cm³/mol. The Morgan fingerprint density at radius 2 is 1.38 bits per heavy atom. The Balaban J connectivity index is 2.04. The van der Waals surface area contributed by atoms with Gasteiger partial charge in [0.25, 0.3) is 0 Å². The molecule has 0 amide bonds. The van der Waals surface area contributed by atoms with E-state index in [1.165, 1.54) is 14.2 Å². The number of hydrogen-bond donors (Lipinski definition) is 0. The molecule has 5 nitrogen and oxygen atoms in total. The van der Waals surface area contributed by atoms with Crippen molar-refractivity contribution in [1.29, 1.82) is 0 Å². The smallest absolute Gasteiger partial charge is 0.339 e.